The number of likely N-dealkylation sites (N-methyl/N-ethyl adjacent to an activating group) is 1. The summed E-state index contributed by atoms with van der Waals surface area (Å²) in [6.07, 6.45) is 3.52. The van der Waals surface area contributed by atoms with Crippen LogP contribution in [-0.2, 0) is 9.53 Å². The zero-order valence-corrected chi connectivity index (χ0v) is 11.4. The number of likely N-dealkylation sites (tertiary alicyclic amines) is 1. The average molecular weight is 262 g/mol. The maximum absolute atomic E-state index is 11.9. The summed E-state index contributed by atoms with van der Waals surface area (Å²) in [6, 6.07) is 8.99. The molecule has 2 atom stereocenters. The molecule has 4 heteroatoms. The molecule has 104 valence electrons. The standard InChI is InChI=1S/C15H22N2O2/c1-17-10-6-5-9-13(17)11-19-15(18)14(16)12-7-3-2-4-8-12/h2-4,7-8,13-14H,5-6,9-11,16H2,1H3. The van der Waals surface area contributed by atoms with Crippen LogP contribution in [0.3, 0.4) is 0 Å². The molecule has 1 fully saturated rings. The second-order valence-electron chi connectivity index (χ2n) is 5.15. The fourth-order valence-corrected chi connectivity index (χ4v) is 2.42. The fraction of sp³-hybridized carbons (Fsp3) is 0.533. The minimum absolute atomic E-state index is 0.334. The van der Waals surface area contributed by atoms with Gasteiger partial charge in [0.05, 0.1) is 0 Å². The van der Waals surface area contributed by atoms with Gasteiger partial charge < -0.3 is 15.4 Å². The molecule has 2 rings (SSSR count). The molecule has 1 aliphatic rings. The smallest absolute Gasteiger partial charge is 0.327 e. The molecule has 0 radical (unpaired) electrons. The molecule has 0 saturated carbocycles. The lowest BCUT2D eigenvalue weighted by Crippen LogP contribution is -2.40. The van der Waals surface area contributed by atoms with Crippen molar-refractivity contribution in [2.75, 3.05) is 20.2 Å². The highest BCUT2D eigenvalue weighted by atomic mass is 16.5. The highest BCUT2D eigenvalue weighted by Crippen LogP contribution is 2.16. The monoisotopic (exact) mass is 262 g/mol. The van der Waals surface area contributed by atoms with Crippen molar-refractivity contribution in [1.29, 1.82) is 0 Å². The van der Waals surface area contributed by atoms with Crippen LogP contribution in [0.1, 0.15) is 30.9 Å². The van der Waals surface area contributed by atoms with Crippen LogP contribution in [-0.4, -0.2) is 37.1 Å². The maximum Gasteiger partial charge on any atom is 0.327 e. The Morgan fingerprint density at radius 1 is 1.42 bits per heavy atom. The number of rotatable bonds is 4. The molecule has 2 N–H and O–H groups in total. The molecule has 1 heterocycles. The van der Waals surface area contributed by atoms with E-state index in [4.69, 9.17) is 10.5 Å². The third-order valence-corrected chi connectivity index (χ3v) is 3.75. The first-order chi connectivity index (χ1) is 9.18. The summed E-state index contributed by atoms with van der Waals surface area (Å²) in [7, 11) is 2.08. The van der Waals surface area contributed by atoms with E-state index in [9.17, 15) is 4.79 Å². The molecule has 2 unspecified atom stereocenters. The van der Waals surface area contributed by atoms with Crippen molar-refractivity contribution in [2.45, 2.75) is 31.3 Å². The number of hydrogen-bond acceptors (Lipinski definition) is 4. The largest absolute Gasteiger partial charge is 0.463 e. The van der Waals surface area contributed by atoms with Crippen LogP contribution < -0.4 is 5.73 Å². The van der Waals surface area contributed by atoms with Crippen LogP contribution in [0, 0.1) is 0 Å². The molecule has 0 aliphatic carbocycles. The number of hydrogen-bond donors (Lipinski definition) is 1. The van der Waals surface area contributed by atoms with E-state index in [1.807, 2.05) is 30.3 Å². The van der Waals surface area contributed by atoms with Crippen molar-refractivity contribution >= 4 is 5.97 Å². The van der Waals surface area contributed by atoms with Crippen LogP contribution in [0.2, 0.25) is 0 Å². The predicted molar refractivity (Wildman–Crippen MR) is 74.6 cm³/mol. The number of benzene rings is 1. The number of esters is 1. The van der Waals surface area contributed by atoms with Crippen molar-refractivity contribution in [1.82, 2.24) is 4.90 Å². The van der Waals surface area contributed by atoms with Gasteiger partial charge in [-0.25, -0.2) is 4.79 Å². The van der Waals surface area contributed by atoms with Gasteiger partial charge in [-0.15, -0.1) is 0 Å². The summed E-state index contributed by atoms with van der Waals surface area (Å²) in [5, 5.41) is 0. The Bertz CT molecular complexity index is 408. The zero-order chi connectivity index (χ0) is 13.7. The van der Waals surface area contributed by atoms with Crippen LogP contribution in [0.15, 0.2) is 30.3 Å². The van der Waals surface area contributed by atoms with Crippen LogP contribution >= 0.6 is 0 Å². The summed E-state index contributed by atoms with van der Waals surface area (Å²) in [5.41, 5.74) is 6.70. The van der Waals surface area contributed by atoms with Crippen molar-refractivity contribution in [3.8, 4) is 0 Å². The van der Waals surface area contributed by atoms with E-state index in [1.165, 1.54) is 12.8 Å². The third kappa shape index (κ3) is 3.78. The molecule has 1 saturated heterocycles. The molecule has 0 spiro atoms. The Morgan fingerprint density at radius 2 is 2.16 bits per heavy atom. The Balaban J connectivity index is 1.84. The topological polar surface area (TPSA) is 55.6 Å². The maximum atomic E-state index is 11.9. The number of nitrogens with zero attached hydrogens (tertiary/aromatic N) is 1. The van der Waals surface area contributed by atoms with Gasteiger partial charge in [0, 0.05) is 6.04 Å². The predicted octanol–water partition coefficient (Wildman–Crippen LogP) is 1.71. The number of carbonyl (C=O) groups is 1. The van der Waals surface area contributed by atoms with Gasteiger partial charge in [0.2, 0.25) is 0 Å². The summed E-state index contributed by atoms with van der Waals surface area (Å²) < 4.78 is 5.36. The second kappa shape index (κ2) is 6.68. The molecule has 1 aromatic rings. The number of nitrogens with two attached hydrogens (primary N) is 1. The first-order valence-corrected chi connectivity index (χ1v) is 6.86. The first kappa shape index (κ1) is 14.0. The van der Waals surface area contributed by atoms with E-state index in [0.29, 0.717) is 12.6 Å². The van der Waals surface area contributed by atoms with Crippen LogP contribution in [0.25, 0.3) is 0 Å². The lowest BCUT2D eigenvalue weighted by atomic mass is 10.0. The summed E-state index contributed by atoms with van der Waals surface area (Å²) in [5.74, 6) is -0.342. The lowest BCUT2D eigenvalue weighted by Gasteiger charge is -2.32. The van der Waals surface area contributed by atoms with Crippen molar-refractivity contribution in [3.63, 3.8) is 0 Å². The van der Waals surface area contributed by atoms with Crippen LogP contribution in [0.5, 0.6) is 0 Å². The van der Waals surface area contributed by atoms with E-state index in [0.717, 1.165) is 18.5 Å². The molecule has 0 amide bonds. The lowest BCUT2D eigenvalue weighted by molar-refractivity contribution is -0.147. The molecule has 0 bridgehead atoms. The van der Waals surface area contributed by atoms with Gasteiger partial charge in [-0.3, -0.25) is 0 Å². The van der Waals surface area contributed by atoms with E-state index in [2.05, 4.69) is 11.9 Å². The third-order valence-electron chi connectivity index (χ3n) is 3.75. The molecular weight excluding hydrogens is 240 g/mol. The number of carbonyl (C=O) groups excluding carboxylic acids is 1. The number of piperidine rings is 1. The summed E-state index contributed by atoms with van der Waals surface area (Å²) in [4.78, 5) is 14.2. The van der Waals surface area contributed by atoms with Crippen molar-refractivity contribution < 1.29 is 9.53 Å². The highest BCUT2D eigenvalue weighted by Gasteiger charge is 2.23. The first-order valence-electron chi connectivity index (χ1n) is 6.86. The minimum atomic E-state index is -0.685. The van der Waals surface area contributed by atoms with Gasteiger partial charge in [0.25, 0.3) is 0 Å². The Morgan fingerprint density at radius 3 is 2.84 bits per heavy atom. The average Bonchev–Trinajstić information content (AvgIpc) is 2.46. The quantitative estimate of drug-likeness (QED) is 0.839. The van der Waals surface area contributed by atoms with Gasteiger partial charge in [0.15, 0.2) is 0 Å². The Hall–Kier alpha value is -1.39. The van der Waals surface area contributed by atoms with E-state index < -0.39 is 6.04 Å². The summed E-state index contributed by atoms with van der Waals surface area (Å²) >= 11 is 0. The molecule has 1 aromatic carbocycles. The van der Waals surface area contributed by atoms with Gasteiger partial charge >= 0.3 is 5.97 Å². The highest BCUT2D eigenvalue weighted by molar-refractivity contribution is 5.77. The van der Waals surface area contributed by atoms with Crippen molar-refractivity contribution in [2.24, 2.45) is 5.73 Å². The summed E-state index contributed by atoms with van der Waals surface area (Å²) in [6.45, 7) is 1.52. The fourth-order valence-electron chi connectivity index (χ4n) is 2.42. The van der Waals surface area contributed by atoms with Gasteiger partial charge in [-0.1, -0.05) is 36.8 Å². The molecule has 1 aliphatic heterocycles. The van der Waals surface area contributed by atoms with E-state index in [1.54, 1.807) is 0 Å². The minimum Gasteiger partial charge on any atom is -0.463 e. The normalized spacial score (nSPS) is 21.9. The SMILES string of the molecule is CN1CCCCC1COC(=O)C(N)c1ccccc1. The molecule has 0 aromatic heterocycles. The zero-order valence-electron chi connectivity index (χ0n) is 11.4. The second-order valence-corrected chi connectivity index (χ2v) is 5.15. The molecule has 4 nitrogen and oxygen atoms in total. The van der Waals surface area contributed by atoms with Gasteiger partial charge in [-0.2, -0.15) is 0 Å². The van der Waals surface area contributed by atoms with Gasteiger partial charge in [0.1, 0.15) is 12.6 Å². The van der Waals surface area contributed by atoms with Crippen LogP contribution in [0.4, 0.5) is 0 Å². The molecular formula is C15H22N2O2. The van der Waals surface area contributed by atoms with Crippen molar-refractivity contribution in [3.05, 3.63) is 35.9 Å². The van der Waals surface area contributed by atoms with E-state index >= 15 is 0 Å². The number of ether oxygens (including phenoxy) is 1. The Kier molecular flexibility index (Phi) is 4.93. The van der Waals surface area contributed by atoms with Gasteiger partial charge in [-0.05, 0) is 32.0 Å². The molecule has 19 heavy (non-hydrogen) atoms. The Labute approximate surface area is 114 Å². The van der Waals surface area contributed by atoms with E-state index in [-0.39, 0.29) is 5.97 Å².